The van der Waals surface area contributed by atoms with E-state index in [0.29, 0.717) is 25.4 Å². The van der Waals surface area contributed by atoms with Crippen LogP contribution < -0.4 is 14.4 Å². The highest BCUT2D eigenvalue weighted by Crippen LogP contribution is 2.38. The Morgan fingerprint density at radius 3 is 2.50 bits per heavy atom. The van der Waals surface area contributed by atoms with Crippen LogP contribution in [0.2, 0.25) is 0 Å². The van der Waals surface area contributed by atoms with E-state index in [1.54, 1.807) is 11.8 Å². The number of carbonyl (C=O) groups is 1. The average molecular weight is 404 g/mol. The van der Waals surface area contributed by atoms with Gasteiger partial charge in [0.2, 0.25) is 0 Å². The van der Waals surface area contributed by atoms with Crippen LogP contribution in [0.5, 0.6) is 11.5 Å². The van der Waals surface area contributed by atoms with Crippen molar-refractivity contribution in [2.45, 2.75) is 6.61 Å². The van der Waals surface area contributed by atoms with Crippen molar-refractivity contribution in [3.63, 3.8) is 0 Å². The molecular formula is C23H24N4O3. The number of carbonyl (C=O) groups excluding carboxylic acids is 1. The number of methoxy groups -OCH3 is 1. The van der Waals surface area contributed by atoms with Crippen LogP contribution in [0.25, 0.3) is 11.3 Å². The molecule has 3 heterocycles. The second-order valence-corrected chi connectivity index (χ2v) is 7.56. The lowest BCUT2D eigenvalue weighted by atomic mass is 10.0. The molecule has 0 saturated carbocycles. The van der Waals surface area contributed by atoms with Crippen LogP contribution in [0.1, 0.15) is 16.1 Å². The highest BCUT2D eigenvalue weighted by atomic mass is 16.5. The first-order valence-electron chi connectivity index (χ1n) is 10.1. The van der Waals surface area contributed by atoms with E-state index in [-0.39, 0.29) is 5.91 Å². The summed E-state index contributed by atoms with van der Waals surface area (Å²) in [7, 11) is 3.55. The molecule has 3 aromatic rings. The van der Waals surface area contributed by atoms with Gasteiger partial charge in [0.05, 0.1) is 12.8 Å². The van der Waals surface area contributed by atoms with E-state index < -0.39 is 0 Å². The number of hydrogen-bond acceptors (Lipinski definition) is 5. The second-order valence-electron chi connectivity index (χ2n) is 7.56. The van der Waals surface area contributed by atoms with Gasteiger partial charge in [-0.1, -0.05) is 12.1 Å². The number of piperazine rings is 1. The van der Waals surface area contributed by atoms with E-state index in [1.807, 2.05) is 48.3 Å². The van der Waals surface area contributed by atoms with Crippen molar-refractivity contribution in [2.24, 2.45) is 7.05 Å². The van der Waals surface area contributed by atoms with E-state index >= 15 is 0 Å². The van der Waals surface area contributed by atoms with E-state index in [9.17, 15) is 4.79 Å². The first-order valence-corrected chi connectivity index (χ1v) is 10.1. The predicted octanol–water partition coefficient (Wildman–Crippen LogP) is 2.95. The molecule has 1 fully saturated rings. The summed E-state index contributed by atoms with van der Waals surface area (Å²) < 4.78 is 12.9. The Balaban J connectivity index is 1.33. The Labute approximate surface area is 175 Å². The van der Waals surface area contributed by atoms with Gasteiger partial charge in [-0.3, -0.25) is 9.48 Å². The highest BCUT2D eigenvalue weighted by molar-refractivity contribution is 5.96. The van der Waals surface area contributed by atoms with E-state index in [0.717, 1.165) is 47.1 Å². The molecule has 0 bridgehead atoms. The standard InChI is InChI=1S/C23H24N4O3/c1-25-22-18-5-3-4-6-20(18)30-15-19(22)21(24-25)23(28)27-13-11-26(12-14-27)16-7-9-17(29-2)10-8-16/h3-10H,11-15H2,1-2H3. The van der Waals surface area contributed by atoms with Gasteiger partial charge in [0.1, 0.15) is 18.1 Å². The molecule has 7 nitrogen and oxygen atoms in total. The lowest BCUT2D eigenvalue weighted by molar-refractivity contribution is 0.0737. The molecule has 0 aliphatic carbocycles. The predicted molar refractivity (Wildman–Crippen MR) is 114 cm³/mol. The third-order valence-corrected chi connectivity index (χ3v) is 5.87. The number of aromatic nitrogens is 2. The summed E-state index contributed by atoms with van der Waals surface area (Å²) >= 11 is 0. The van der Waals surface area contributed by atoms with Crippen LogP contribution in [0.4, 0.5) is 5.69 Å². The molecule has 0 unspecified atom stereocenters. The van der Waals surface area contributed by atoms with Gasteiger partial charge in [0, 0.05) is 50.0 Å². The largest absolute Gasteiger partial charge is 0.497 e. The van der Waals surface area contributed by atoms with Crippen LogP contribution in [-0.4, -0.2) is 53.9 Å². The van der Waals surface area contributed by atoms with Gasteiger partial charge in [-0.15, -0.1) is 0 Å². The zero-order valence-corrected chi connectivity index (χ0v) is 17.2. The number of para-hydroxylation sites is 1. The molecule has 1 saturated heterocycles. The molecule has 2 aromatic carbocycles. The third-order valence-electron chi connectivity index (χ3n) is 5.87. The molecule has 154 valence electrons. The smallest absolute Gasteiger partial charge is 0.274 e. The number of amides is 1. The van der Waals surface area contributed by atoms with Gasteiger partial charge in [-0.05, 0) is 36.4 Å². The summed E-state index contributed by atoms with van der Waals surface area (Å²) in [6.45, 7) is 3.26. The van der Waals surface area contributed by atoms with Crippen molar-refractivity contribution in [1.82, 2.24) is 14.7 Å². The summed E-state index contributed by atoms with van der Waals surface area (Å²) in [5.41, 5.74) is 4.47. The number of anilines is 1. The Morgan fingerprint density at radius 2 is 1.77 bits per heavy atom. The molecule has 30 heavy (non-hydrogen) atoms. The van der Waals surface area contributed by atoms with Gasteiger partial charge < -0.3 is 19.3 Å². The van der Waals surface area contributed by atoms with E-state index in [1.165, 1.54) is 0 Å². The minimum atomic E-state index is -0.0239. The quantitative estimate of drug-likeness (QED) is 0.672. The Hall–Kier alpha value is -3.48. The minimum Gasteiger partial charge on any atom is -0.497 e. The topological polar surface area (TPSA) is 59.8 Å². The van der Waals surface area contributed by atoms with Crippen molar-refractivity contribution < 1.29 is 14.3 Å². The van der Waals surface area contributed by atoms with Gasteiger partial charge in [0.15, 0.2) is 5.69 Å². The van der Waals surface area contributed by atoms with Crippen LogP contribution in [0.15, 0.2) is 48.5 Å². The molecule has 2 aliphatic rings. The normalized spacial score (nSPS) is 15.3. The highest BCUT2D eigenvalue weighted by Gasteiger charge is 2.31. The molecular weight excluding hydrogens is 380 g/mol. The van der Waals surface area contributed by atoms with Crippen molar-refractivity contribution in [2.75, 3.05) is 38.2 Å². The van der Waals surface area contributed by atoms with Crippen LogP contribution in [0, 0.1) is 0 Å². The number of hydrogen-bond donors (Lipinski definition) is 0. The second kappa shape index (κ2) is 7.40. The van der Waals surface area contributed by atoms with Crippen molar-refractivity contribution in [3.8, 4) is 22.8 Å². The maximum Gasteiger partial charge on any atom is 0.274 e. The molecule has 0 spiro atoms. The average Bonchev–Trinajstić information content (AvgIpc) is 3.15. The minimum absolute atomic E-state index is 0.0239. The Bertz CT molecular complexity index is 1080. The molecule has 2 aliphatic heterocycles. The fraction of sp³-hybridized carbons (Fsp3) is 0.304. The number of benzene rings is 2. The maximum atomic E-state index is 13.3. The van der Waals surface area contributed by atoms with Crippen LogP contribution >= 0.6 is 0 Å². The van der Waals surface area contributed by atoms with Gasteiger partial charge in [-0.2, -0.15) is 5.10 Å². The molecule has 1 amide bonds. The maximum absolute atomic E-state index is 13.3. The van der Waals surface area contributed by atoms with Crippen LogP contribution in [0.3, 0.4) is 0 Å². The summed E-state index contributed by atoms with van der Waals surface area (Å²) in [6, 6.07) is 15.9. The van der Waals surface area contributed by atoms with Crippen molar-refractivity contribution in [1.29, 1.82) is 0 Å². The SMILES string of the molecule is COc1ccc(N2CCN(C(=O)c3nn(C)c4c3COc3ccccc3-4)CC2)cc1. The lowest BCUT2D eigenvalue weighted by Gasteiger charge is -2.36. The Morgan fingerprint density at radius 1 is 1.03 bits per heavy atom. The molecule has 1 aromatic heterocycles. The summed E-state index contributed by atoms with van der Waals surface area (Å²) in [6.07, 6.45) is 0. The monoisotopic (exact) mass is 404 g/mol. The summed E-state index contributed by atoms with van der Waals surface area (Å²) in [5.74, 6) is 1.65. The number of fused-ring (bicyclic) bond motifs is 3. The summed E-state index contributed by atoms with van der Waals surface area (Å²) in [5, 5.41) is 4.58. The molecule has 0 N–H and O–H groups in total. The molecule has 0 atom stereocenters. The fourth-order valence-corrected chi connectivity index (χ4v) is 4.26. The summed E-state index contributed by atoms with van der Waals surface area (Å²) in [4.78, 5) is 17.5. The van der Waals surface area contributed by atoms with E-state index in [4.69, 9.17) is 9.47 Å². The molecule has 5 rings (SSSR count). The number of aryl methyl sites for hydroxylation is 1. The lowest BCUT2D eigenvalue weighted by Crippen LogP contribution is -2.49. The van der Waals surface area contributed by atoms with Gasteiger partial charge >= 0.3 is 0 Å². The first-order chi connectivity index (χ1) is 14.7. The molecule has 0 radical (unpaired) electrons. The number of nitrogens with zero attached hydrogens (tertiary/aromatic N) is 4. The zero-order valence-electron chi connectivity index (χ0n) is 17.2. The van der Waals surface area contributed by atoms with Crippen molar-refractivity contribution >= 4 is 11.6 Å². The first kappa shape index (κ1) is 18.5. The zero-order chi connectivity index (χ0) is 20.7. The molecule has 7 heteroatoms. The van der Waals surface area contributed by atoms with Crippen molar-refractivity contribution in [3.05, 3.63) is 59.8 Å². The van der Waals surface area contributed by atoms with E-state index in [2.05, 4.69) is 22.1 Å². The van der Waals surface area contributed by atoms with Gasteiger partial charge in [0.25, 0.3) is 5.91 Å². The van der Waals surface area contributed by atoms with Crippen LogP contribution in [-0.2, 0) is 13.7 Å². The number of rotatable bonds is 3. The third kappa shape index (κ3) is 3.07. The Kier molecular flexibility index (Phi) is 4.58. The number of ether oxygens (including phenoxy) is 2. The van der Waals surface area contributed by atoms with Gasteiger partial charge in [-0.25, -0.2) is 0 Å². The fourth-order valence-electron chi connectivity index (χ4n) is 4.26.